The molecule has 1 unspecified atom stereocenters. The second kappa shape index (κ2) is 8.19. The number of nitrogens with two attached hydrogens (primary N) is 1. The molecular formula is C18H18F2N2O2. The van der Waals surface area contributed by atoms with Crippen LogP contribution >= 0.6 is 0 Å². The predicted molar refractivity (Wildman–Crippen MR) is 85.9 cm³/mol. The summed E-state index contributed by atoms with van der Waals surface area (Å²) in [6, 6.07) is 11.4. The summed E-state index contributed by atoms with van der Waals surface area (Å²) >= 11 is 0. The molecule has 0 aromatic heterocycles. The molecule has 126 valence electrons. The van der Waals surface area contributed by atoms with Gasteiger partial charge in [-0.2, -0.15) is 0 Å². The van der Waals surface area contributed by atoms with Gasteiger partial charge >= 0.3 is 0 Å². The van der Waals surface area contributed by atoms with E-state index < -0.39 is 11.8 Å². The third kappa shape index (κ3) is 5.46. The number of amides is 2. The van der Waals surface area contributed by atoms with Crippen LogP contribution < -0.4 is 11.1 Å². The van der Waals surface area contributed by atoms with Crippen LogP contribution in [0.2, 0.25) is 0 Å². The van der Waals surface area contributed by atoms with Gasteiger partial charge < -0.3 is 11.1 Å². The summed E-state index contributed by atoms with van der Waals surface area (Å²) in [5, 5.41) is 2.65. The zero-order valence-electron chi connectivity index (χ0n) is 13.0. The van der Waals surface area contributed by atoms with Gasteiger partial charge in [-0.15, -0.1) is 0 Å². The second-order valence-electron chi connectivity index (χ2n) is 5.54. The fourth-order valence-corrected chi connectivity index (χ4v) is 2.27. The van der Waals surface area contributed by atoms with Gasteiger partial charge in [0.05, 0.1) is 12.3 Å². The lowest BCUT2D eigenvalue weighted by Crippen LogP contribution is -2.37. The zero-order valence-corrected chi connectivity index (χ0v) is 13.0. The van der Waals surface area contributed by atoms with Crippen LogP contribution in [0.1, 0.15) is 11.1 Å². The Morgan fingerprint density at radius 2 is 1.42 bits per heavy atom. The monoisotopic (exact) mass is 332 g/mol. The largest absolute Gasteiger partial charge is 0.369 e. The Balaban J connectivity index is 1.88. The van der Waals surface area contributed by atoms with Crippen LogP contribution in [0.5, 0.6) is 0 Å². The van der Waals surface area contributed by atoms with Gasteiger partial charge in [0.2, 0.25) is 11.8 Å². The van der Waals surface area contributed by atoms with Crippen LogP contribution in [0.3, 0.4) is 0 Å². The fraction of sp³-hybridized carbons (Fsp3) is 0.222. The molecule has 0 saturated carbocycles. The van der Waals surface area contributed by atoms with Crippen molar-refractivity contribution in [2.75, 3.05) is 6.54 Å². The molecule has 3 N–H and O–H groups in total. The highest BCUT2D eigenvalue weighted by Crippen LogP contribution is 2.10. The zero-order chi connectivity index (χ0) is 17.5. The average molecular weight is 332 g/mol. The molecule has 0 heterocycles. The van der Waals surface area contributed by atoms with Gasteiger partial charge in [-0.1, -0.05) is 24.3 Å². The normalized spacial score (nSPS) is 11.8. The van der Waals surface area contributed by atoms with E-state index in [0.29, 0.717) is 12.0 Å². The number of carbonyl (C=O) groups is 2. The number of benzene rings is 2. The first-order chi connectivity index (χ1) is 11.4. The van der Waals surface area contributed by atoms with Crippen LogP contribution in [0.15, 0.2) is 48.5 Å². The molecule has 0 spiro atoms. The molecule has 6 heteroatoms. The summed E-state index contributed by atoms with van der Waals surface area (Å²) in [6.45, 7) is 0.0900. The summed E-state index contributed by atoms with van der Waals surface area (Å²) in [7, 11) is 0. The lowest BCUT2D eigenvalue weighted by molar-refractivity contribution is -0.123. The Morgan fingerprint density at radius 1 is 0.917 bits per heavy atom. The predicted octanol–water partition coefficient (Wildman–Crippen LogP) is 1.97. The van der Waals surface area contributed by atoms with Crippen LogP contribution in [0.4, 0.5) is 8.78 Å². The summed E-state index contributed by atoms with van der Waals surface area (Å²) < 4.78 is 25.7. The third-order valence-corrected chi connectivity index (χ3v) is 3.62. The number of hydrogen-bond acceptors (Lipinski definition) is 2. The van der Waals surface area contributed by atoms with Gasteiger partial charge in [0.25, 0.3) is 0 Å². The van der Waals surface area contributed by atoms with E-state index in [-0.39, 0.29) is 30.5 Å². The van der Waals surface area contributed by atoms with Gasteiger partial charge in [0, 0.05) is 6.54 Å². The van der Waals surface area contributed by atoms with E-state index in [1.165, 1.54) is 36.4 Å². The molecule has 0 aliphatic rings. The van der Waals surface area contributed by atoms with Crippen molar-refractivity contribution in [3.8, 4) is 0 Å². The maximum Gasteiger partial charge on any atom is 0.224 e. The van der Waals surface area contributed by atoms with Crippen LogP contribution in [0.25, 0.3) is 0 Å². The van der Waals surface area contributed by atoms with E-state index in [0.717, 1.165) is 5.56 Å². The summed E-state index contributed by atoms with van der Waals surface area (Å²) in [5.74, 6) is -2.14. The van der Waals surface area contributed by atoms with E-state index in [1.54, 1.807) is 12.1 Å². The molecule has 0 bridgehead atoms. The first-order valence-corrected chi connectivity index (χ1v) is 7.49. The topological polar surface area (TPSA) is 72.2 Å². The minimum absolute atomic E-state index is 0.0856. The molecule has 2 rings (SSSR count). The minimum atomic E-state index is -0.590. The Kier molecular flexibility index (Phi) is 6.01. The van der Waals surface area contributed by atoms with E-state index >= 15 is 0 Å². The second-order valence-corrected chi connectivity index (χ2v) is 5.54. The van der Waals surface area contributed by atoms with Gasteiger partial charge in [0.15, 0.2) is 0 Å². The minimum Gasteiger partial charge on any atom is -0.369 e. The van der Waals surface area contributed by atoms with Crippen molar-refractivity contribution in [2.24, 2.45) is 11.7 Å². The van der Waals surface area contributed by atoms with Crippen molar-refractivity contribution < 1.29 is 18.4 Å². The molecule has 0 radical (unpaired) electrons. The molecule has 24 heavy (non-hydrogen) atoms. The molecule has 0 fully saturated rings. The summed E-state index contributed by atoms with van der Waals surface area (Å²) in [4.78, 5) is 23.4. The van der Waals surface area contributed by atoms with Crippen molar-refractivity contribution in [3.05, 3.63) is 71.3 Å². The Bertz CT molecular complexity index is 700. The average Bonchev–Trinajstić information content (AvgIpc) is 2.55. The Labute approximate surface area is 138 Å². The van der Waals surface area contributed by atoms with Crippen LogP contribution in [0, 0.1) is 17.6 Å². The molecule has 0 aliphatic carbocycles. The highest BCUT2D eigenvalue weighted by molar-refractivity contribution is 5.81. The van der Waals surface area contributed by atoms with E-state index in [9.17, 15) is 18.4 Å². The molecule has 2 aromatic rings. The molecular weight excluding hydrogens is 314 g/mol. The number of nitrogens with one attached hydrogen (secondary N) is 1. The van der Waals surface area contributed by atoms with E-state index in [1.807, 2.05) is 0 Å². The summed E-state index contributed by atoms with van der Waals surface area (Å²) in [6.07, 6.45) is 0.398. The molecule has 0 saturated heterocycles. The first-order valence-electron chi connectivity index (χ1n) is 7.49. The first kappa shape index (κ1) is 17.6. The number of rotatable bonds is 7. The number of halogens is 2. The smallest absolute Gasteiger partial charge is 0.224 e. The lowest BCUT2D eigenvalue weighted by atomic mass is 9.98. The van der Waals surface area contributed by atoms with Gasteiger partial charge in [-0.05, 0) is 41.8 Å². The third-order valence-electron chi connectivity index (χ3n) is 3.62. The maximum absolute atomic E-state index is 12.9. The van der Waals surface area contributed by atoms with Gasteiger partial charge in [-0.25, -0.2) is 8.78 Å². The van der Waals surface area contributed by atoms with Crippen molar-refractivity contribution in [1.29, 1.82) is 0 Å². The van der Waals surface area contributed by atoms with Crippen molar-refractivity contribution >= 4 is 11.8 Å². The Hall–Kier alpha value is -2.76. The highest BCUT2D eigenvalue weighted by Gasteiger charge is 2.17. The standard InChI is InChI=1S/C18H18F2N2O2/c19-15-5-1-12(2-6-15)9-14(18(21)24)11-22-17(23)10-13-3-7-16(20)8-4-13/h1-8,14H,9-11H2,(H2,21,24)(H,22,23). The van der Waals surface area contributed by atoms with Crippen LogP contribution in [-0.4, -0.2) is 18.4 Å². The fourth-order valence-electron chi connectivity index (χ4n) is 2.27. The molecule has 1 atom stereocenters. The molecule has 0 aliphatic heterocycles. The summed E-state index contributed by atoms with van der Waals surface area (Å²) in [5.41, 5.74) is 6.79. The van der Waals surface area contributed by atoms with Crippen molar-refractivity contribution in [2.45, 2.75) is 12.8 Å². The quantitative estimate of drug-likeness (QED) is 0.814. The highest BCUT2D eigenvalue weighted by atomic mass is 19.1. The molecule has 4 nitrogen and oxygen atoms in total. The number of hydrogen-bond donors (Lipinski definition) is 2. The van der Waals surface area contributed by atoms with Crippen molar-refractivity contribution in [3.63, 3.8) is 0 Å². The Morgan fingerprint density at radius 3 is 1.92 bits per heavy atom. The van der Waals surface area contributed by atoms with E-state index in [4.69, 9.17) is 5.73 Å². The van der Waals surface area contributed by atoms with E-state index in [2.05, 4.69) is 5.32 Å². The SMILES string of the molecule is NC(=O)C(CNC(=O)Cc1ccc(F)cc1)Cc1ccc(F)cc1. The lowest BCUT2D eigenvalue weighted by Gasteiger charge is -2.14. The van der Waals surface area contributed by atoms with Crippen molar-refractivity contribution in [1.82, 2.24) is 5.32 Å². The van der Waals surface area contributed by atoms with Gasteiger partial charge in [0.1, 0.15) is 11.6 Å². The number of carbonyl (C=O) groups excluding carboxylic acids is 2. The molecule has 2 amide bonds. The van der Waals surface area contributed by atoms with Crippen LogP contribution in [-0.2, 0) is 22.4 Å². The number of primary amides is 1. The molecule has 2 aromatic carbocycles. The maximum atomic E-state index is 12.9. The van der Waals surface area contributed by atoms with Gasteiger partial charge in [-0.3, -0.25) is 9.59 Å².